The van der Waals surface area contributed by atoms with Gasteiger partial charge < -0.3 is 30.7 Å². The van der Waals surface area contributed by atoms with E-state index in [1.54, 1.807) is 6.92 Å². The molecule has 2 aliphatic rings. The van der Waals surface area contributed by atoms with Crippen molar-refractivity contribution in [1.82, 2.24) is 26.2 Å². The Morgan fingerprint density at radius 1 is 0.732 bits per heavy atom. The minimum Gasteiger partial charge on any atom is -0.379 e. The summed E-state index contributed by atoms with van der Waals surface area (Å²) in [5, 5.41) is 11.2. The number of amides is 4. The van der Waals surface area contributed by atoms with Gasteiger partial charge in [0.25, 0.3) is 0 Å². The lowest BCUT2D eigenvalue weighted by atomic mass is 9.93. The molecule has 0 spiro atoms. The van der Waals surface area contributed by atoms with Crippen LogP contribution < -0.4 is 21.3 Å². The molecule has 56 heavy (non-hydrogen) atoms. The first-order valence-electron chi connectivity index (χ1n) is 19.3. The lowest BCUT2D eigenvalue weighted by molar-refractivity contribution is -0.137. The molecule has 4 amide bonds. The van der Waals surface area contributed by atoms with E-state index in [9.17, 15) is 37.1 Å². The van der Waals surface area contributed by atoms with Crippen molar-refractivity contribution in [3.8, 4) is 0 Å². The van der Waals surface area contributed by atoms with Gasteiger partial charge in [0.05, 0.1) is 38.0 Å². The quantitative estimate of drug-likeness (QED) is 0.148. The molecule has 2 heterocycles. The molecule has 2 aromatic carbocycles. The van der Waals surface area contributed by atoms with Crippen LogP contribution in [0.4, 0.5) is 13.2 Å². The number of nitrogens with one attached hydrogen (secondary N) is 4. The Hall–Kier alpha value is -4.34. The lowest BCUT2D eigenvalue weighted by Crippen LogP contribution is -2.59. The van der Waals surface area contributed by atoms with Crippen LogP contribution >= 0.6 is 0 Å². The first-order chi connectivity index (χ1) is 26.4. The maximum absolute atomic E-state index is 14.1. The Labute approximate surface area is 327 Å². The number of aryl methyl sites for hydroxylation is 1. The molecule has 2 aliphatic heterocycles. The lowest BCUT2D eigenvalue weighted by Gasteiger charge is -2.29. The number of alkyl halides is 3. The molecule has 308 valence electrons. The molecule has 15 heteroatoms. The molecule has 0 bridgehead atoms. The highest BCUT2D eigenvalue weighted by Crippen LogP contribution is 2.30. The van der Waals surface area contributed by atoms with Gasteiger partial charge in [0.1, 0.15) is 23.7 Å². The molecule has 5 atom stereocenters. The van der Waals surface area contributed by atoms with Crippen molar-refractivity contribution in [2.45, 2.75) is 103 Å². The van der Waals surface area contributed by atoms with Gasteiger partial charge in [-0.2, -0.15) is 13.2 Å². The van der Waals surface area contributed by atoms with E-state index in [0.717, 1.165) is 17.7 Å². The first kappa shape index (κ1) is 44.4. The van der Waals surface area contributed by atoms with Crippen molar-refractivity contribution in [3.05, 3.63) is 71.3 Å². The van der Waals surface area contributed by atoms with Gasteiger partial charge in [0, 0.05) is 19.5 Å². The molecule has 0 saturated carbocycles. The summed E-state index contributed by atoms with van der Waals surface area (Å²) >= 11 is 0. The van der Waals surface area contributed by atoms with Crippen molar-refractivity contribution in [1.29, 1.82) is 0 Å². The second-order valence-corrected chi connectivity index (χ2v) is 15.8. The Morgan fingerprint density at radius 3 is 1.84 bits per heavy atom. The molecule has 0 radical (unpaired) electrons. The average molecular weight is 788 g/mol. The summed E-state index contributed by atoms with van der Waals surface area (Å²) in [7, 11) is 0. The van der Waals surface area contributed by atoms with Crippen molar-refractivity contribution in [2.24, 2.45) is 11.8 Å². The summed E-state index contributed by atoms with van der Waals surface area (Å²) < 4.78 is 50.8. The molecular formula is C41H56F3N5O7. The number of Topliss-reactive ketones (excluding diaryl/α,β-unsaturated/α-hetero) is 1. The molecular weight excluding hydrogens is 731 g/mol. The number of carbonyl (C=O) groups excluding carboxylic acids is 5. The topological polar surface area (TPSA) is 158 Å². The van der Waals surface area contributed by atoms with Crippen LogP contribution in [0.25, 0.3) is 0 Å². The Morgan fingerprint density at radius 2 is 1.27 bits per heavy atom. The normalized spacial score (nSPS) is 19.4. The highest BCUT2D eigenvalue weighted by Gasteiger charge is 2.50. The van der Waals surface area contributed by atoms with Gasteiger partial charge in [-0.25, -0.2) is 0 Å². The zero-order valence-corrected chi connectivity index (χ0v) is 32.9. The van der Waals surface area contributed by atoms with E-state index in [1.165, 1.54) is 12.1 Å². The number of ether oxygens (including phenoxy) is 2. The van der Waals surface area contributed by atoms with Gasteiger partial charge in [-0.15, -0.1) is 0 Å². The number of benzene rings is 2. The fourth-order valence-electron chi connectivity index (χ4n) is 6.54. The minimum atomic E-state index is -4.57. The van der Waals surface area contributed by atoms with Crippen LogP contribution in [-0.2, 0) is 52.5 Å². The zero-order chi connectivity index (χ0) is 41.0. The van der Waals surface area contributed by atoms with Gasteiger partial charge in [-0.05, 0) is 67.7 Å². The number of epoxide rings is 1. The van der Waals surface area contributed by atoms with Gasteiger partial charge in [0.2, 0.25) is 23.6 Å². The summed E-state index contributed by atoms with van der Waals surface area (Å²) in [5.41, 5.74) is -0.626. The van der Waals surface area contributed by atoms with Crippen LogP contribution in [0.15, 0.2) is 54.6 Å². The van der Waals surface area contributed by atoms with Crippen molar-refractivity contribution >= 4 is 29.4 Å². The van der Waals surface area contributed by atoms with E-state index >= 15 is 0 Å². The zero-order valence-electron chi connectivity index (χ0n) is 32.9. The van der Waals surface area contributed by atoms with Gasteiger partial charge >= 0.3 is 6.18 Å². The van der Waals surface area contributed by atoms with Crippen molar-refractivity contribution in [2.75, 3.05) is 39.5 Å². The number of hydrogen-bond acceptors (Lipinski definition) is 8. The number of hydrogen-bond donors (Lipinski definition) is 4. The molecule has 0 unspecified atom stereocenters. The Bertz CT molecular complexity index is 1630. The molecule has 4 N–H and O–H groups in total. The highest BCUT2D eigenvalue weighted by molar-refractivity contribution is 5.98. The highest BCUT2D eigenvalue weighted by atomic mass is 19.4. The minimum absolute atomic E-state index is 0.00406. The van der Waals surface area contributed by atoms with Crippen molar-refractivity contribution < 1.29 is 46.6 Å². The third-order valence-electron chi connectivity index (χ3n) is 9.82. The number of nitrogens with zero attached hydrogens (tertiary/aromatic N) is 1. The SMILES string of the molecule is CC(C)C[C@H](NC(=O)[C@H](CCc1ccccc1)NC(=O)CN1CCOCC1)C(=O)N[C@@H](Cc1ccc(C(F)(F)F)cc1)C(=O)N[C@@H](CC(C)C)C(=O)[C@@]1(C)CO1. The van der Waals surface area contributed by atoms with E-state index in [4.69, 9.17) is 9.47 Å². The second-order valence-electron chi connectivity index (χ2n) is 15.8. The number of ketones is 1. The summed E-state index contributed by atoms with van der Waals surface area (Å²) in [6, 6.07) is 9.30. The summed E-state index contributed by atoms with van der Waals surface area (Å²) in [6.45, 7) is 11.6. The van der Waals surface area contributed by atoms with Gasteiger partial charge in [0.15, 0.2) is 5.78 Å². The Kier molecular flexibility index (Phi) is 16.0. The molecule has 2 aromatic rings. The van der Waals surface area contributed by atoms with Crippen LogP contribution in [0.5, 0.6) is 0 Å². The van der Waals surface area contributed by atoms with Crippen LogP contribution in [0.3, 0.4) is 0 Å². The van der Waals surface area contributed by atoms with E-state index in [2.05, 4.69) is 21.3 Å². The predicted octanol–water partition coefficient (Wildman–Crippen LogP) is 3.60. The number of rotatable bonds is 20. The third kappa shape index (κ3) is 14.0. The van der Waals surface area contributed by atoms with Crippen molar-refractivity contribution in [3.63, 3.8) is 0 Å². The number of carbonyl (C=O) groups is 5. The van der Waals surface area contributed by atoms with Crippen LogP contribution in [0, 0.1) is 11.8 Å². The fourth-order valence-corrected chi connectivity index (χ4v) is 6.54. The first-order valence-corrected chi connectivity index (χ1v) is 19.3. The molecule has 0 aliphatic carbocycles. The van der Waals surface area contributed by atoms with Gasteiger partial charge in [-0.1, -0.05) is 70.2 Å². The van der Waals surface area contributed by atoms with Gasteiger partial charge in [-0.3, -0.25) is 28.9 Å². The molecule has 2 fully saturated rings. The van der Waals surface area contributed by atoms with Crippen LogP contribution in [-0.4, -0.2) is 104 Å². The second kappa shape index (κ2) is 20.2. The summed E-state index contributed by atoms with van der Waals surface area (Å²) in [4.78, 5) is 70.5. The summed E-state index contributed by atoms with van der Waals surface area (Å²) in [5.74, 6) is -2.77. The van der Waals surface area contributed by atoms with Crippen LogP contribution in [0.2, 0.25) is 0 Å². The molecule has 4 rings (SSSR count). The Balaban J connectivity index is 1.56. The maximum atomic E-state index is 14.1. The third-order valence-corrected chi connectivity index (χ3v) is 9.82. The van der Waals surface area contributed by atoms with E-state index in [0.29, 0.717) is 38.3 Å². The average Bonchev–Trinajstić information content (AvgIpc) is 3.90. The smallest absolute Gasteiger partial charge is 0.379 e. The van der Waals surface area contributed by atoms with E-state index in [-0.39, 0.29) is 62.4 Å². The fraction of sp³-hybridized carbons (Fsp3) is 0.585. The maximum Gasteiger partial charge on any atom is 0.416 e. The molecule has 0 aromatic heterocycles. The molecule has 2 saturated heterocycles. The van der Waals surface area contributed by atoms with Crippen LogP contribution in [0.1, 0.15) is 70.6 Å². The predicted molar refractivity (Wildman–Crippen MR) is 203 cm³/mol. The largest absolute Gasteiger partial charge is 0.416 e. The molecule has 12 nitrogen and oxygen atoms in total. The monoisotopic (exact) mass is 787 g/mol. The summed E-state index contributed by atoms with van der Waals surface area (Å²) in [6.07, 6.45) is -3.60. The number of halogens is 3. The van der Waals surface area contributed by atoms with E-state index < -0.39 is 59.2 Å². The number of morpholine rings is 1. The van der Waals surface area contributed by atoms with E-state index in [1.807, 2.05) is 62.9 Å². The standard InChI is InChI=1S/C41H56F3N5O7/c1-26(2)21-32(36(51)40(5)25-56-40)46-39(54)34(23-29-11-14-30(15-12-29)41(42,43)44)48-38(53)33(22-27(3)4)47-37(52)31(16-13-28-9-7-6-8-10-28)45-35(50)24-49-17-19-55-20-18-49/h6-12,14-15,26-27,31-34H,13,16-25H2,1-5H3,(H,45,50)(H,46,54)(H,47,52)(H,48,53)/t31-,32-,33-,34-,40+/m0/s1.